The number of H-pyrrole nitrogens is 1. The van der Waals surface area contributed by atoms with Gasteiger partial charge >= 0.3 is 17.1 Å². The van der Waals surface area contributed by atoms with Crippen molar-refractivity contribution in [3.05, 3.63) is 62.4 Å². The predicted octanol–water partition coefficient (Wildman–Crippen LogP) is 0.603. The van der Waals surface area contributed by atoms with Crippen LogP contribution in [0.4, 0.5) is 4.79 Å². The minimum Gasteiger partial charge on any atom is -0.324 e. The van der Waals surface area contributed by atoms with Crippen LogP contribution < -0.4 is 11.1 Å². The Hall–Kier alpha value is -2.90. The maximum absolute atomic E-state index is 13.0. The van der Waals surface area contributed by atoms with Crippen molar-refractivity contribution in [1.29, 1.82) is 0 Å². The highest BCUT2D eigenvalue weighted by Crippen LogP contribution is 2.51. The summed E-state index contributed by atoms with van der Waals surface area (Å²) in [6, 6.07) is 10.5. The van der Waals surface area contributed by atoms with E-state index in [2.05, 4.69) is 34.5 Å². The van der Waals surface area contributed by atoms with E-state index in [0.717, 1.165) is 19.5 Å². The fraction of sp³-hybridized carbons (Fsp3) is 0.474. The number of aromatic amines is 1. The molecule has 1 aromatic carbocycles. The molecule has 140 valence electrons. The average molecular weight is 367 g/mol. The molecule has 2 amide bonds. The molecule has 2 aliphatic heterocycles. The Kier molecular flexibility index (Phi) is 3.66. The van der Waals surface area contributed by atoms with Gasteiger partial charge in [0.25, 0.3) is 0 Å². The van der Waals surface area contributed by atoms with Gasteiger partial charge in [0, 0.05) is 26.2 Å². The van der Waals surface area contributed by atoms with Gasteiger partial charge in [-0.2, -0.15) is 5.10 Å². The van der Waals surface area contributed by atoms with E-state index in [1.165, 1.54) is 10.1 Å². The van der Waals surface area contributed by atoms with E-state index < -0.39 is 11.1 Å². The van der Waals surface area contributed by atoms with Crippen molar-refractivity contribution in [3.63, 3.8) is 0 Å². The number of carbonyl (C=O) groups is 1. The Balaban J connectivity index is 1.28. The maximum Gasteiger partial charge on any atom is 0.330 e. The summed E-state index contributed by atoms with van der Waals surface area (Å²) in [5.74, 6) is 2.09. The van der Waals surface area contributed by atoms with Crippen LogP contribution in [-0.2, 0) is 13.1 Å². The van der Waals surface area contributed by atoms with Crippen LogP contribution in [0.1, 0.15) is 23.7 Å². The van der Waals surface area contributed by atoms with Gasteiger partial charge < -0.3 is 9.80 Å². The second-order valence-electron chi connectivity index (χ2n) is 7.71. The molecule has 1 saturated heterocycles. The summed E-state index contributed by atoms with van der Waals surface area (Å²) in [6.07, 6.45) is 1.14. The number of benzene rings is 1. The van der Waals surface area contributed by atoms with Gasteiger partial charge in [-0.15, -0.1) is 0 Å². The first-order valence-corrected chi connectivity index (χ1v) is 9.39. The summed E-state index contributed by atoms with van der Waals surface area (Å²) < 4.78 is 1.36. The Bertz CT molecular complexity index is 998. The van der Waals surface area contributed by atoms with Gasteiger partial charge in [-0.3, -0.25) is 14.2 Å². The number of carbonyl (C=O) groups excluding carboxylic acids is 1. The first-order chi connectivity index (χ1) is 13.1. The van der Waals surface area contributed by atoms with E-state index in [9.17, 15) is 14.4 Å². The van der Waals surface area contributed by atoms with Gasteiger partial charge in [0.05, 0.1) is 6.54 Å². The third-order valence-corrected chi connectivity index (χ3v) is 6.30. The van der Waals surface area contributed by atoms with Crippen LogP contribution in [0.2, 0.25) is 0 Å². The van der Waals surface area contributed by atoms with Crippen molar-refractivity contribution < 1.29 is 4.79 Å². The highest BCUT2D eigenvalue weighted by molar-refractivity contribution is 5.75. The third kappa shape index (κ3) is 2.58. The van der Waals surface area contributed by atoms with E-state index in [1.54, 1.807) is 4.90 Å². The molecular weight excluding hydrogens is 346 g/mol. The van der Waals surface area contributed by atoms with Gasteiger partial charge in [0.2, 0.25) is 0 Å². The SMILES string of the molecule is O=C(N1CCn2c(n[nH]c(=O)c2=O)C1)N1C[C@@H]2C[C@@H](c3ccccc3)[C@@H]2C1. The topological polar surface area (TPSA) is 91.3 Å². The minimum atomic E-state index is -0.721. The largest absolute Gasteiger partial charge is 0.330 e. The van der Waals surface area contributed by atoms with Crippen LogP contribution in [0.3, 0.4) is 0 Å². The number of amides is 2. The Labute approximate surface area is 155 Å². The molecule has 0 unspecified atom stereocenters. The lowest BCUT2D eigenvalue weighted by molar-refractivity contribution is 0.145. The summed E-state index contributed by atoms with van der Waals surface area (Å²) in [5.41, 5.74) is 0.0473. The highest BCUT2D eigenvalue weighted by Gasteiger charge is 2.49. The second kappa shape index (κ2) is 6.07. The first kappa shape index (κ1) is 16.3. The molecule has 0 bridgehead atoms. The fourth-order valence-corrected chi connectivity index (χ4v) is 4.79. The zero-order chi connectivity index (χ0) is 18.5. The fourth-order valence-electron chi connectivity index (χ4n) is 4.79. The number of fused-ring (bicyclic) bond motifs is 2. The quantitative estimate of drug-likeness (QED) is 0.748. The molecule has 0 spiro atoms. The Morgan fingerprint density at radius 1 is 1.07 bits per heavy atom. The highest BCUT2D eigenvalue weighted by atomic mass is 16.2. The van der Waals surface area contributed by atoms with Crippen LogP contribution in [0, 0.1) is 11.8 Å². The number of nitrogens with zero attached hydrogens (tertiary/aromatic N) is 4. The number of hydrogen-bond acceptors (Lipinski definition) is 4. The predicted molar refractivity (Wildman–Crippen MR) is 97.3 cm³/mol. The standard InChI is InChI=1S/C19H21N5O3/c25-17-18(26)24-7-6-22(11-16(24)20-21-17)19(27)23-9-13-8-14(15(13)10-23)12-4-2-1-3-5-12/h1-5,13-15H,6-11H2,(H,21,25)/t13-,14-,15+/m0/s1. The van der Waals surface area contributed by atoms with E-state index in [4.69, 9.17) is 0 Å². The molecule has 3 aliphatic rings. The summed E-state index contributed by atoms with van der Waals surface area (Å²) in [4.78, 5) is 39.9. The Morgan fingerprint density at radius 2 is 1.89 bits per heavy atom. The molecular formula is C19H21N5O3. The summed E-state index contributed by atoms with van der Waals surface area (Å²) >= 11 is 0. The molecule has 1 aliphatic carbocycles. The minimum absolute atomic E-state index is 0.00270. The van der Waals surface area contributed by atoms with Crippen LogP contribution in [0.15, 0.2) is 39.9 Å². The first-order valence-electron chi connectivity index (χ1n) is 9.39. The number of nitrogens with one attached hydrogen (secondary N) is 1. The molecule has 0 radical (unpaired) electrons. The average Bonchev–Trinajstić information content (AvgIpc) is 3.01. The molecule has 3 atom stereocenters. The summed E-state index contributed by atoms with van der Waals surface area (Å²) in [5, 5.41) is 6.16. The third-order valence-electron chi connectivity index (χ3n) is 6.30. The van der Waals surface area contributed by atoms with Gasteiger partial charge in [0.15, 0.2) is 5.82 Å². The normalized spacial score (nSPS) is 26.3. The monoisotopic (exact) mass is 367 g/mol. The molecule has 27 heavy (non-hydrogen) atoms. The maximum atomic E-state index is 13.0. The molecule has 1 N–H and O–H groups in total. The molecule has 1 aromatic heterocycles. The molecule has 2 fully saturated rings. The number of likely N-dealkylation sites (tertiary alicyclic amines) is 1. The lowest BCUT2D eigenvalue weighted by Crippen LogP contribution is -2.50. The van der Waals surface area contributed by atoms with Crippen molar-refractivity contribution in [2.45, 2.75) is 25.4 Å². The van der Waals surface area contributed by atoms with Crippen molar-refractivity contribution in [2.75, 3.05) is 19.6 Å². The molecule has 3 heterocycles. The number of hydrogen-bond donors (Lipinski definition) is 1. The summed E-state index contributed by atoms with van der Waals surface area (Å²) in [6.45, 7) is 2.56. The zero-order valence-electron chi connectivity index (χ0n) is 14.9. The lowest BCUT2D eigenvalue weighted by Gasteiger charge is -2.39. The number of rotatable bonds is 1. The summed E-state index contributed by atoms with van der Waals surface area (Å²) in [7, 11) is 0. The van der Waals surface area contributed by atoms with Crippen molar-refractivity contribution in [1.82, 2.24) is 24.6 Å². The second-order valence-corrected chi connectivity index (χ2v) is 7.71. The van der Waals surface area contributed by atoms with Crippen molar-refractivity contribution in [2.24, 2.45) is 11.8 Å². The van der Waals surface area contributed by atoms with Crippen LogP contribution in [-0.4, -0.2) is 50.2 Å². The molecule has 8 heteroatoms. The smallest absolute Gasteiger partial charge is 0.324 e. The van der Waals surface area contributed by atoms with Gasteiger partial charge in [-0.1, -0.05) is 30.3 Å². The van der Waals surface area contributed by atoms with E-state index in [-0.39, 0.29) is 12.6 Å². The van der Waals surface area contributed by atoms with Crippen molar-refractivity contribution >= 4 is 6.03 Å². The van der Waals surface area contributed by atoms with Crippen molar-refractivity contribution in [3.8, 4) is 0 Å². The van der Waals surface area contributed by atoms with Gasteiger partial charge in [-0.25, -0.2) is 9.89 Å². The molecule has 2 aromatic rings. The van der Waals surface area contributed by atoms with Crippen LogP contribution in [0.25, 0.3) is 0 Å². The number of urea groups is 1. The number of aromatic nitrogens is 3. The van der Waals surface area contributed by atoms with Gasteiger partial charge in [0.1, 0.15) is 0 Å². The van der Waals surface area contributed by atoms with E-state index >= 15 is 0 Å². The zero-order valence-corrected chi connectivity index (χ0v) is 14.9. The Morgan fingerprint density at radius 3 is 2.70 bits per heavy atom. The van der Waals surface area contributed by atoms with E-state index in [1.807, 2.05) is 11.0 Å². The van der Waals surface area contributed by atoms with Crippen LogP contribution >= 0.6 is 0 Å². The lowest BCUT2D eigenvalue weighted by atomic mass is 9.64. The van der Waals surface area contributed by atoms with E-state index in [0.29, 0.717) is 36.7 Å². The molecule has 8 nitrogen and oxygen atoms in total. The molecule has 1 saturated carbocycles. The van der Waals surface area contributed by atoms with Crippen LogP contribution in [0.5, 0.6) is 0 Å². The molecule has 5 rings (SSSR count). The van der Waals surface area contributed by atoms with Gasteiger partial charge in [-0.05, 0) is 29.7 Å².